The molecule has 144 valence electrons. The number of nitrogens with zero attached hydrogens (tertiary/aromatic N) is 4. The van der Waals surface area contributed by atoms with E-state index in [1.807, 2.05) is 18.3 Å². The molecule has 0 aromatic carbocycles. The molecule has 0 spiro atoms. The fourth-order valence-electron chi connectivity index (χ4n) is 4.71. The van der Waals surface area contributed by atoms with Gasteiger partial charge in [0.05, 0.1) is 25.5 Å². The Bertz CT molecular complexity index is 772. The average molecular weight is 370 g/mol. The van der Waals surface area contributed by atoms with Gasteiger partial charge in [0.1, 0.15) is 5.60 Å². The van der Waals surface area contributed by atoms with E-state index in [0.29, 0.717) is 11.4 Å². The van der Waals surface area contributed by atoms with Crippen LogP contribution in [0.5, 0.6) is 11.9 Å². The summed E-state index contributed by atoms with van der Waals surface area (Å²) in [6.45, 7) is 2.44. The molecule has 2 fully saturated rings. The molecule has 7 nitrogen and oxygen atoms in total. The van der Waals surface area contributed by atoms with Crippen LogP contribution in [-0.4, -0.2) is 52.3 Å². The Morgan fingerprint density at radius 3 is 2.56 bits per heavy atom. The topological polar surface area (TPSA) is 80.6 Å². The third-order valence-electron chi connectivity index (χ3n) is 5.96. The van der Waals surface area contributed by atoms with Crippen molar-refractivity contribution in [1.82, 2.24) is 19.9 Å². The van der Waals surface area contributed by atoms with Gasteiger partial charge in [-0.25, -0.2) is 4.98 Å². The van der Waals surface area contributed by atoms with E-state index >= 15 is 0 Å². The first-order valence-corrected chi connectivity index (χ1v) is 9.45. The maximum atomic E-state index is 11.8. The monoisotopic (exact) mass is 370 g/mol. The van der Waals surface area contributed by atoms with Crippen molar-refractivity contribution in [2.75, 3.05) is 27.3 Å². The van der Waals surface area contributed by atoms with E-state index in [-0.39, 0.29) is 17.8 Å². The average Bonchev–Trinajstić information content (AvgIpc) is 2.69. The Hall–Kier alpha value is -2.25. The van der Waals surface area contributed by atoms with E-state index < -0.39 is 5.60 Å². The van der Waals surface area contributed by atoms with Gasteiger partial charge in [0.15, 0.2) is 0 Å². The molecule has 2 aromatic rings. The van der Waals surface area contributed by atoms with Crippen LogP contribution in [0.1, 0.15) is 30.5 Å². The van der Waals surface area contributed by atoms with Crippen molar-refractivity contribution in [3.05, 3.63) is 41.9 Å². The number of fused-ring (bicyclic) bond motifs is 2. The number of likely N-dealkylation sites (tertiary alicyclic amines) is 1. The predicted octanol–water partition coefficient (Wildman–Crippen LogP) is 2.01. The van der Waals surface area contributed by atoms with E-state index in [1.165, 1.54) is 7.11 Å². The van der Waals surface area contributed by atoms with E-state index in [9.17, 15) is 5.11 Å². The molecule has 0 radical (unpaired) electrons. The Morgan fingerprint density at radius 1 is 1.15 bits per heavy atom. The fourth-order valence-corrected chi connectivity index (χ4v) is 4.71. The zero-order valence-corrected chi connectivity index (χ0v) is 15.8. The highest BCUT2D eigenvalue weighted by atomic mass is 16.5. The van der Waals surface area contributed by atoms with Gasteiger partial charge >= 0.3 is 6.01 Å². The van der Waals surface area contributed by atoms with Crippen molar-refractivity contribution < 1.29 is 14.6 Å². The lowest BCUT2D eigenvalue weighted by molar-refractivity contribution is -0.150. The molecule has 2 aliphatic rings. The number of ether oxygens (including phenoxy) is 2. The minimum atomic E-state index is -0.976. The Kier molecular flexibility index (Phi) is 4.97. The van der Waals surface area contributed by atoms with E-state index in [1.54, 1.807) is 13.3 Å². The van der Waals surface area contributed by atoms with Gasteiger partial charge in [-0.05, 0) is 25.0 Å². The van der Waals surface area contributed by atoms with Gasteiger partial charge < -0.3 is 14.6 Å². The summed E-state index contributed by atoms with van der Waals surface area (Å²) in [6, 6.07) is 6.25. The minimum Gasteiger partial charge on any atom is -0.481 e. The summed E-state index contributed by atoms with van der Waals surface area (Å²) in [6.07, 6.45) is 6.58. The predicted molar refractivity (Wildman–Crippen MR) is 99.4 cm³/mol. The van der Waals surface area contributed by atoms with E-state index in [4.69, 9.17) is 9.47 Å². The number of piperidine rings is 1. The number of rotatable bonds is 5. The van der Waals surface area contributed by atoms with Gasteiger partial charge in [-0.2, -0.15) is 4.98 Å². The van der Waals surface area contributed by atoms with Crippen molar-refractivity contribution in [1.29, 1.82) is 0 Å². The third-order valence-corrected chi connectivity index (χ3v) is 5.96. The zero-order chi connectivity index (χ0) is 18.9. The maximum absolute atomic E-state index is 11.8. The zero-order valence-electron chi connectivity index (χ0n) is 15.8. The van der Waals surface area contributed by atoms with Gasteiger partial charge in [-0.3, -0.25) is 9.88 Å². The SMILES string of the molecule is COc1ncc(C2(O)[C@@H]3CCC[C@H]2CN(Cc2ccccn2)C3)c(OC)n1. The molecular formula is C20H26N4O3. The molecule has 3 heterocycles. The number of hydrogen-bond donors (Lipinski definition) is 1. The molecule has 4 rings (SSSR count). The maximum Gasteiger partial charge on any atom is 0.319 e. The smallest absolute Gasteiger partial charge is 0.319 e. The van der Waals surface area contributed by atoms with Crippen LogP contribution in [0, 0.1) is 11.8 Å². The van der Waals surface area contributed by atoms with Gasteiger partial charge in [-0.15, -0.1) is 0 Å². The third kappa shape index (κ3) is 3.26. The second-order valence-electron chi connectivity index (χ2n) is 7.44. The van der Waals surface area contributed by atoms with Gasteiger partial charge in [0, 0.05) is 43.9 Å². The van der Waals surface area contributed by atoms with Gasteiger partial charge in [-0.1, -0.05) is 12.5 Å². The highest BCUT2D eigenvalue weighted by Gasteiger charge is 2.53. The lowest BCUT2D eigenvalue weighted by atomic mass is 9.63. The van der Waals surface area contributed by atoms with Crippen molar-refractivity contribution in [2.24, 2.45) is 11.8 Å². The van der Waals surface area contributed by atoms with Crippen molar-refractivity contribution in [3.63, 3.8) is 0 Å². The van der Waals surface area contributed by atoms with Gasteiger partial charge in [0.2, 0.25) is 5.88 Å². The summed E-state index contributed by atoms with van der Waals surface area (Å²) in [7, 11) is 3.09. The normalized spacial score (nSPS) is 28.0. The molecule has 2 bridgehead atoms. The second kappa shape index (κ2) is 7.40. The molecule has 1 N–H and O–H groups in total. The number of aliphatic hydroxyl groups is 1. The minimum absolute atomic E-state index is 0.111. The van der Waals surface area contributed by atoms with E-state index in [0.717, 1.165) is 44.6 Å². The molecule has 3 atom stereocenters. The molecule has 7 heteroatoms. The van der Waals surface area contributed by atoms with Crippen LogP contribution in [0.15, 0.2) is 30.6 Å². The lowest BCUT2D eigenvalue weighted by Gasteiger charge is -2.53. The van der Waals surface area contributed by atoms with Crippen LogP contribution in [-0.2, 0) is 12.1 Å². The first-order chi connectivity index (χ1) is 13.1. The van der Waals surface area contributed by atoms with Crippen LogP contribution >= 0.6 is 0 Å². The lowest BCUT2D eigenvalue weighted by Crippen LogP contribution is -2.58. The molecule has 27 heavy (non-hydrogen) atoms. The van der Waals surface area contributed by atoms with Crippen LogP contribution in [0.4, 0.5) is 0 Å². The molecule has 1 saturated carbocycles. The molecule has 1 saturated heterocycles. The van der Waals surface area contributed by atoms with Gasteiger partial charge in [0.25, 0.3) is 0 Å². The number of methoxy groups -OCH3 is 2. The summed E-state index contributed by atoms with van der Waals surface area (Å²) in [5.41, 5.74) is 0.764. The second-order valence-corrected chi connectivity index (χ2v) is 7.44. The highest BCUT2D eigenvalue weighted by molar-refractivity contribution is 5.34. The summed E-state index contributed by atoms with van der Waals surface area (Å²) >= 11 is 0. The summed E-state index contributed by atoms with van der Waals surface area (Å²) in [5.74, 6) is 0.624. The molecule has 1 unspecified atom stereocenters. The first kappa shape index (κ1) is 18.1. The van der Waals surface area contributed by atoms with Crippen molar-refractivity contribution in [2.45, 2.75) is 31.4 Å². The number of pyridine rings is 1. The van der Waals surface area contributed by atoms with E-state index in [2.05, 4.69) is 25.9 Å². The number of hydrogen-bond acceptors (Lipinski definition) is 7. The standard InChI is InChI=1S/C20H26N4O3/c1-26-18-17(10-22-19(23-18)27-2)20(25)14-6-5-7-15(20)12-24(11-14)13-16-8-3-4-9-21-16/h3-4,8-10,14-15,25H,5-7,11-13H2,1-2H3/t14-,15+,20?. The van der Waals surface area contributed by atoms with Crippen LogP contribution in [0.2, 0.25) is 0 Å². The van der Waals surface area contributed by atoms with Crippen LogP contribution < -0.4 is 9.47 Å². The first-order valence-electron chi connectivity index (χ1n) is 9.45. The highest BCUT2D eigenvalue weighted by Crippen LogP contribution is 2.51. The summed E-state index contributed by atoms with van der Waals surface area (Å²) in [5, 5.41) is 11.8. The molecule has 2 aromatic heterocycles. The van der Waals surface area contributed by atoms with Crippen LogP contribution in [0.3, 0.4) is 0 Å². The summed E-state index contributed by atoms with van der Waals surface area (Å²) in [4.78, 5) is 15.4. The molecule has 1 aliphatic heterocycles. The quantitative estimate of drug-likeness (QED) is 0.862. The molecule has 0 amide bonds. The summed E-state index contributed by atoms with van der Waals surface area (Å²) < 4.78 is 10.6. The van der Waals surface area contributed by atoms with Crippen LogP contribution in [0.25, 0.3) is 0 Å². The Morgan fingerprint density at radius 2 is 1.93 bits per heavy atom. The number of aromatic nitrogens is 3. The van der Waals surface area contributed by atoms with Crippen molar-refractivity contribution >= 4 is 0 Å². The Labute approximate surface area is 159 Å². The molecule has 1 aliphatic carbocycles. The Balaban J connectivity index is 1.62. The fraction of sp³-hybridized carbons (Fsp3) is 0.550. The van der Waals surface area contributed by atoms with Crippen molar-refractivity contribution in [3.8, 4) is 11.9 Å². The molecular weight excluding hydrogens is 344 g/mol. The largest absolute Gasteiger partial charge is 0.481 e.